The average molecular weight is 159 g/mol. The van der Waals surface area contributed by atoms with Gasteiger partial charge in [0.15, 0.2) is 0 Å². The third-order valence-electron chi connectivity index (χ3n) is 1.65. The van der Waals surface area contributed by atoms with Crippen LogP contribution in [0.5, 0.6) is 5.88 Å². The van der Waals surface area contributed by atoms with Crippen LogP contribution in [0.15, 0.2) is 24.3 Å². The Morgan fingerprint density at radius 3 is 2.92 bits per heavy atom. The summed E-state index contributed by atoms with van der Waals surface area (Å²) >= 11 is 0. The van der Waals surface area contributed by atoms with Crippen LogP contribution in [0.1, 0.15) is 0 Å². The van der Waals surface area contributed by atoms with Gasteiger partial charge in [-0.3, -0.25) is 0 Å². The highest BCUT2D eigenvalue weighted by atomic mass is 16.5. The molecule has 0 bridgehead atoms. The molecule has 0 atom stereocenters. The highest BCUT2D eigenvalue weighted by Crippen LogP contribution is 2.19. The number of aromatic nitrogens is 2. The van der Waals surface area contributed by atoms with Crippen molar-refractivity contribution in [3.8, 4) is 5.88 Å². The molecule has 59 valence electrons. The highest BCUT2D eigenvalue weighted by Gasteiger charge is 2.00. The SMILES string of the molecule is COc1n[c]nc2ccccc12. The first-order chi connectivity index (χ1) is 5.92. The van der Waals surface area contributed by atoms with E-state index in [-0.39, 0.29) is 0 Å². The molecule has 3 nitrogen and oxygen atoms in total. The maximum absolute atomic E-state index is 5.05. The van der Waals surface area contributed by atoms with E-state index >= 15 is 0 Å². The van der Waals surface area contributed by atoms with Gasteiger partial charge in [0.2, 0.25) is 12.2 Å². The maximum Gasteiger partial charge on any atom is 0.224 e. The molecule has 2 rings (SSSR count). The van der Waals surface area contributed by atoms with E-state index in [0.717, 1.165) is 10.9 Å². The number of fused-ring (bicyclic) bond motifs is 1. The number of nitrogens with zero attached hydrogens (tertiary/aromatic N) is 2. The Morgan fingerprint density at radius 2 is 2.08 bits per heavy atom. The monoisotopic (exact) mass is 159 g/mol. The van der Waals surface area contributed by atoms with Gasteiger partial charge in [-0.25, -0.2) is 4.98 Å². The second-order valence-electron chi connectivity index (χ2n) is 2.35. The van der Waals surface area contributed by atoms with Crippen molar-refractivity contribution in [1.82, 2.24) is 9.97 Å². The van der Waals surface area contributed by atoms with Crippen molar-refractivity contribution >= 4 is 10.9 Å². The van der Waals surface area contributed by atoms with E-state index in [2.05, 4.69) is 16.3 Å². The molecule has 0 aliphatic carbocycles. The molecule has 0 fully saturated rings. The van der Waals surface area contributed by atoms with Crippen LogP contribution >= 0.6 is 0 Å². The van der Waals surface area contributed by atoms with Gasteiger partial charge in [-0.05, 0) is 12.1 Å². The van der Waals surface area contributed by atoms with Crippen LogP contribution in [0, 0.1) is 6.33 Å². The smallest absolute Gasteiger partial charge is 0.224 e. The van der Waals surface area contributed by atoms with Crippen molar-refractivity contribution in [2.75, 3.05) is 7.11 Å². The van der Waals surface area contributed by atoms with Crippen LogP contribution in [0.2, 0.25) is 0 Å². The van der Waals surface area contributed by atoms with Gasteiger partial charge >= 0.3 is 0 Å². The number of benzene rings is 1. The number of rotatable bonds is 1. The summed E-state index contributed by atoms with van der Waals surface area (Å²) in [5.41, 5.74) is 0.851. The lowest BCUT2D eigenvalue weighted by Crippen LogP contribution is -1.90. The summed E-state index contributed by atoms with van der Waals surface area (Å²) in [6, 6.07) is 7.66. The van der Waals surface area contributed by atoms with E-state index in [9.17, 15) is 0 Å². The van der Waals surface area contributed by atoms with Gasteiger partial charge in [0, 0.05) is 0 Å². The van der Waals surface area contributed by atoms with Crippen molar-refractivity contribution in [3.05, 3.63) is 30.6 Å². The Balaban J connectivity index is 2.79. The van der Waals surface area contributed by atoms with Crippen LogP contribution in [-0.2, 0) is 0 Å². The predicted octanol–water partition coefficient (Wildman–Crippen LogP) is 1.44. The van der Waals surface area contributed by atoms with Gasteiger partial charge in [-0.1, -0.05) is 12.1 Å². The summed E-state index contributed by atoms with van der Waals surface area (Å²) in [4.78, 5) is 7.84. The van der Waals surface area contributed by atoms with Gasteiger partial charge in [-0.2, -0.15) is 4.98 Å². The van der Waals surface area contributed by atoms with Gasteiger partial charge < -0.3 is 4.74 Å². The molecule has 2 aromatic rings. The molecule has 0 N–H and O–H groups in total. The van der Waals surface area contributed by atoms with E-state index in [4.69, 9.17) is 4.74 Å². The Hall–Kier alpha value is -1.64. The number of hydrogen-bond acceptors (Lipinski definition) is 3. The van der Waals surface area contributed by atoms with E-state index in [1.54, 1.807) is 7.11 Å². The predicted molar refractivity (Wildman–Crippen MR) is 44.9 cm³/mol. The zero-order valence-corrected chi connectivity index (χ0v) is 6.61. The van der Waals surface area contributed by atoms with Crippen molar-refractivity contribution in [2.24, 2.45) is 0 Å². The molecule has 0 unspecified atom stereocenters. The van der Waals surface area contributed by atoms with Crippen molar-refractivity contribution in [1.29, 1.82) is 0 Å². The first-order valence-corrected chi connectivity index (χ1v) is 3.58. The fourth-order valence-corrected chi connectivity index (χ4v) is 1.09. The molecule has 1 aromatic heterocycles. The number of hydrogen-bond donors (Lipinski definition) is 0. The summed E-state index contributed by atoms with van der Waals surface area (Å²) in [5, 5.41) is 0.916. The molecule has 0 amide bonds. The van der Waals surface area contributed by atoms with Crippen LogP contribution in [-0.4, -0.2) is 17.1 Å². The molecule has 0 saturated carbocycles. The lowest BCUT2D eigenvalue weighted by Gasteiger charge is -2.00. The van der Waals surface area contributed by atoms with Crippen LogP contribution in [0.3, 0.4) is 0 Å². The number of methoxy groups -OCH3 is 1. The topological polar surface area (TPSA) is 35.0 Å². The first-order valence-electron chi connectivity index (χ1n) is 3.58. The standard InChI is InChI=1S/C9H7N2O/c1-12-9-7-4-2-3-5-8(7)10-6-11-9/h2-5H,1H3. The van der Waals surface area contributed by atoms with Gasteiger partial charge in [0.05, 0.1) is 18.0 Å². The Morgan fingerprint density at radius 1 is 1.25 bits per heavy atom. The molecular formula is C9H7N2O. The molecular weight excluding hydrogens is 152 g/mol. The van der Waals surface area contributed by atoms with E-state index in [0.29, 0.717) is 5.88 Å². The van der Waals surface area contributed by atoms with E-state index in [1.165, 1.54) is 0 Å². The lowest BCUT2D eigenvalue weighted by atomic mass is 10.2. The minimum absolute atomic E-state index is 0.570. The fraction of sp³-hybridized carbons (Fsp3) is 0.111. The van der Waals surface area contributed by atoms with Crippen molar-refractivity contribution in [3.63, 3.8) is 0 Å². The zero-order valence-electron chi connectivity index (χ0n) is 6.61. The molecule has 0 aliphatic rings. The Kier molecular flexibility index (Phi) is 1.63. The van der Waals surface area contributed by atoms with E-state index in [1.807, 2.05) is 24.3 Å². The summed E-state index contributed by atoms with van der Waals surface area (Å²) < 4.78 is 5.05. The van der Waals surface area contributed by atoms with Crippen molar-refractivity contribution < 1.29 is 4.74 Å². The quantitative estimate of drug-likeness (QED) is 0.631. The summed E-state index contributed by atoms with van der Waals surface area (Å²) in [6.45, 7) is 0. The molecule has 0 aliphatic heterocycles. The van der Waals surface area contributed by atoms with Gasteiger partial charge in [-0.15, -0.1) is 0 Å². The highest BCUT2D eigenvalue weighted by molar-refractivity contribution is 5.82. The average Bonchev–Trinajstić information content (AvgIpc) is 2.17. The second kappa shape index (κ2) is 2.77. The summed E-state index contributed by atoms with van der Waals surface area (Å²) in [6.07, 6.45) is 2.53. The van der Waals surface area contributed by atoms with Crippen molar-refractivity contribution in [2.45, 2.75) is 0 Å². The second-order valence-corrected chi connectivity index (χ2v) is 2.35. The number of para-hydroxylation sites is 1. The molecule has 1 heterocycles. The molecule has 12 heavy (non-hydrogen) atoms. The van der Waals surface area contributed by atoms with Crippen LogP contribution < -0.4 is 4.74 Å². The van der Waals surface area contributed by atoms with Gasteiger partial charge in [0.25, 0.3) is 0 Å². The van der Waals surface area contributed by atoms with E-state index < -0.39 is 0 Å². The minimum atomic E-state index is 0.570. The zero-order chi connectivity index (χ0) is 8.39. The summed E-state index contributed by atoms with van der Waals surface area (Å²) in [7, 11) is 1.59. The van der Waals surface area contributed by atoms with Crippen LogP contribution in [0.4, 0.5) is 0 Å². The Bertz CT molecular complexity index is 395. The first kappa shape index (κ1) is 7.03. The molecule has 0 saturated heterocycles. The maximum atomic E-state index is 5.05. The molecule has 1 aromatic carbocycles. The Labute approximate surface area is 70.0 Å². The third kappa shape index (κ3) is 0.993. The largest absolute Gasteiger partial charge is 0.480 e. The fourth-order valence-electron chi connectivity index (χ4n) is 1.09. The molecule has 0 spiro atoms. The summed E-state index contributed by atoms with van der Waals surface area (Å²) in [5.74, 6) is 0.570. The molecule has 3 heteroatoms. The van der Waals surface area contributed by atoms with Crippen LogP contribution in [0.25, 0.3) is 10.9 Å². The third-order valence-corrected chi connectivity index (χ3v) is 1.65. The normalized spacial score (nSPS) is 10.1. The number of ether oxygens (including phenoxy) is 1. The molecule has 1 radical (unpaired) electrons. The van der Waals surface area contributed by atoms with Gasteiger partial charge in [0.1, 0.15) is 0 Å². The lowest BCUT2D eigenvalue weighted by molar-refractivity contribution is 0.402. The minimum Gasteiger partial charge on any atom is -0.480 e.